The maximum Gasteiger partial charge on any atom is 0.321 e. The van der Waals surface area contributed by atoms with Crippen molar-refractivity contribution in [1.29, 1.82) is 0 Å². The molecule has 1 saturated carbocycles. The van der Waals surface area contributed by atoms with E-state index in [0.29, 0.717) is 11.8 Å². The number of urea groups is 1. The molecule has 3 amide bonds. The molecule has 1 saturated heterocycles. The summed E-state index contributed by atoms with van der Waals surface area (Å²) in [4.78, 5) is 25.1. The Labute approximate surface area is 107 Å². The zero-order chi connectivity index (χ0) is 13.3. The molecule has 0 aromatic heterocycles. The second kappa shape index (κ2) is 5.24. The van der Waals surface area contributed by atoms with Crippen LogP contribution in [-0.2, 0) is 4.79 Å². The lowest BCUT2D eigenvalue weighted by Gasteiger charge is -2.24. The van der Waals surface area contributed by atoms with Gasteiger partial charge in [0.2, 0.25) is 5.91 Å². The molecule has 4 atom stereocenters. The SMILES string of the molecule is CNC(=O)NC(=O)C(C)N1CC2CCC(N)C2C1. The molecule has 0 radical (unpaired) electrons. The average molecular weight is 254 g/mol. The number of nitrogens with zero attached hydrogens (tertiary/aromatic N) is 1. The lowest BCUT2D eigenvalue weighted by molar-refractivity contribution is -0.124. The van der Waals surface area contributed by atoms with E-state index in [0.717, 1.165) is 25.9 Å². The lowest BCUT2D eigenvalue weighted by atomic mass is 9.98. The molecule has 2 fully saturated rings. The van der Waals surface area contributed by atoms with Crippen LogP contribution >= 0.6 is 0 Å². The molecule has 18 heavy (non-hydrogen) atoms. The van der Waals surface area contributed by atoms with Crippen molar-refractivity contribution in [1.82, 2.24) is 15.5 Å². The second-order valence-electron chi connectivity index (χ2n) is 5.36. The normalized spacial score (nSPS) is 32.9. The van der Waals surface area contributed by atoms with Gasteiger partial charge in [-0.25, -0.2) is 4.79 Å². The van der Waals surface area contributed by atoms with Crippen LogP contribution < -0.4 is 16.4 Å². The molecule has 4 N–H and O–H groups in total. The molecular formula is C12H22N4O2. The van der Waals surface area contributed by atoms with Crippen molar-refractivity contribution in [2.45, 2.75) is 31.8 Å². The molecule has 6 heteroatoms. The highest BCUT2D eigenvalue weighted by Gasteiger charge is 2.43. The van der Waals surface area contributed by atoms with Gasteiger partial charge in [-0.1, -0.05) is 0 Å². The largest absolute Gasteiger partial charge is 0.341 e. The summed E-state index contributed by atoms with van der Waals surface area (Å²) < 4.78 is 0. The van der Waals surface area contributed by atoms with Gasteiger partial charge in [0.1, 0.15) is 0 Å². The second-order valence-corrected chi connectivity index (χ2v) is 5.36. The van der Waals surface area contributed by atoms with E-state index in [-0.39, 0.29) is 18.0 Å². The third kappa shape index (κ3) is 2.49. The fourth-order valence-corrected chi connectivity index (χ4v) is 3.10. The minimum absolute atomic E-state index is 0.247. The standard InChI is InChI=1S/C12H22N4O2/c1-7(11(17)15-12(18)14-2)16-5-8-3-4-10(13)9(8)6-16/h7-10H,3-6,13H2,1-2H3,(H2,14,15,17,18). The topological polar surface area (TPSA) is 87.5 Å². The Morgan fingerprint density at radius 2 is 2.06 bits per heavy atom. The molecule has 0 bridgehead atoms. The number of nitrogens with one attached hydrogen (secondary N) is 2. The van der Waals surface area contributed by atoms with Gasteiger partial charge in [0, 0.05) is 26.2 Å². The molecule has 1 heterocycles. The zero-order valence-electron chi connectivity index (χ0n) is 11.0. The van der Waals surface area contributed by atoms with Crippen molar-refractivity contribution in [2.24, 2.45) is 17.6 Å². The highest BCUT2D eigenvalue weighted by atomic mass is 16.2. The third-order valence-corrected chi connectivity index (χ3v) is 4.33. The first kappa shape index (κ1) is 13.3. The summed E-state index contributed by atoms with van der Waals surface area (Å²) in [6.07, 6.45) is 2.26. The van der Waals surface area contributed by atoms with E-state index in [2.05, 4.69) is 15.5 Å². The Hall–Kier alpha value is -1.14. The molecular weight excluding hydrogens is 232 g/mol. The first-order chi connectivity index (χ1) is 8.52. The Bertz CT molecular complexity index is 347. The average Bonchev–Trinajstić information content (AvgIpc) is 2.91. The molecule has 0 aromatic carbocycles. The van der Waals surface area contributed by atoms with Crippen LogP contribution in [0.25, 0.3) is 0 Å². The highest BCUT2D eigenvalue weighted by molar-refractivity contribution is 5.96. The number of hydrogen-bond acceptors (Lipinski definition) is 4. The monoisotopic (exact) mass is 254 g/mol. The summed E-state index contributed by atoms with van der Waals surface area (Å²) in [7, 11) is 1.49. The van der Waals surface area contributed by atoms with E-state index in [1.165, 1.54) is 7.05 Å². The smallest absolute Gasteiger partial charge is 0.321 e. The number of carbonyl (C=O) groups is 2. The van der Waals surface area contributed by atoms with Gasteiger partial charge in [0.15, 0.2) is 0 Å². The molecule has 0 spiro atoms. The van der Waals surface area contributed by atoms with Crippen LogP contribution in [0.5, 0.6) is 0 Å². The molecule has 4 unspecified atom stereocenters. The van der Waals surface area contributed by atoms with Gasteiger partial charge < -0.3 is 11.1 Å². The van der Waals surface area contributed by atoms with Crippen molar-refractivity contribution in [3.8, 4) is 0 Å². The van der Waals surface area contributed by atoms with Gasteiger partial charge in [-0.15, -0.1) is 0 Å². The summed E-state index contributed by atoms with van der Waals surface area (Å²) in [6.45, 7) is 3.62. The fraction of sp³-hybridized carbons (Fsp3) is 0.833. The van der Waals surface area contributed by atoms with Crippen LogP contribution in [0.4, 0.5) is 4.79 Å². The molecule has 2 aliphatic rings. The molecule has 6 nitrogen and oxygen atoms in total. The summed E-state index contributed by atoms with van der Waals surface area (Å²) in [5, 5.41) is 4.70. The van der Waals surface area contributed by atoms with Gasteiger partial charge in [0.25, 0.3) is 0 Å². The van der Waals surface area contributed by atoms with Gasteiger partial charge in [-0.05, 0) is 31.6 Å². The maximum atomic E-state index is 11.9. The number of hydrogen-bond donors (Lipinski definition) is 3. The zero-order valence-corrected chi connectivity index (χ0v) is 11.0. The lowest BCUT2D eigenvalue weighted by Crippen LogP contribution is -2.49. The minimum atomic E-state index is -0.456. The van der Waals surface area contributed by atoms with Crippen LogP contribution in [0.2, 0.25) is 0 Å². The molecule has 0 aromatic rings. The predicted molar refractivity (Wildman–Crippen MR) is 67.8 cm³/mol. The molecule has 2 rings (SSSR count). The van der Waals surface area contributed by atoms with Crippen molar-refractivity contribution in [3.05, 3.63) is 0 Å². The number of imide groups is 1. The van der Waals surface area contributed by atoms with Crippen LogP contribution in [0.15, 0.2) is 0 Å². The minimum Gasteiger partial charge on any atom is -0.341 e. The van der Waals surface area contributed by atoms with E-state index in [1.54, 1.807) is 0 Å². The fourth-order valence-electron chi connectivity index (χ4n) is 3.10. The van der Waals surface area contributed by atoms with Gasteiger partial charge in [-0.2, -0.15) is 0 Å². The third-order valence-electron chi connectivity index (χ3n) is 4.33. The molecule has 102 valence electrons. The van der Waals surface area contributed by atoms with E-state index < -0.39 is 6.03 Å². The van der Waals surface area contributed by atoms with Gasteiger partial charge in [0.05, 0.1) is 6.04 Å². The number of amides is 3. The first-order valence-electron chi connectivity index (χ1n) is 6.55. The Balaban J connectivity index is 1.89. The number of fused-ring (bicyclic) bond motifs is 1. The Morgan fingerprint density at radius 3 is 2.67 bits per heavy atom. The highest BCUT2D eigenvalue weighted by Crippen LogP contribution is 2.37. The quantitative estimate of drug-likeness (QED) is 0.620. The Kier molecular flexibility index (Phi) is 3.87. The van der Waals surface area contributed by atoms with Crippen molar-refractivity contribution in [3.63, 3.8) is 0 Å². The van der Waals surface area contributed by atoms with Crippen LogP contribution in [0, 0.1) is 11.8 Å². The number of likely N-dealkylation sites (tertiary alicyclic amines) is 1. The molecule has 1 aliphatic carbocycles. The van der Waals surface area contributed by atoms with Gasteiger partial charge >= 0.3 is 6.03 Å². The van der Waals surface area contributed by atoms with E-state index in [4.69, 9.17) is 5.73 Å². The van der Waals surface area contributed by atoms with Crippen LogP contribution in [-0.4, -0.2) is 49.1 Å². The Morgan fingerprint density at radius 1 is 1.33 bits per heavy atom. The predicted octanol–water partition coefficient (Wildman–Crippen LogP) is -0.500. The maximum absolute atomic E-state index is 11.9. The van der Waals surface area contributed by atoms with Crippen LogP contribution in [0.1, 0.15) is 19.8 Å². The molecule has 1 aliphatic heterocycles. The first-order valence-corrected chi connectivity index (χ1v) is 6.55. The van der Waals surface area contributed by atoms with Crippen molar-refractivity contribution in [2.75, 3.05) is 20.1 Å². The van der Waals surface area contributed by atoms with Gasteiger partial charge in [-0.3, -0.25) is 15.0 Å². The number of nitrogens with two attached hydrogens (primary N) is 1. The number of carbonyl (C=O) groups excluding carboxylic acids is 2. The summed E-state index contributed by atoms with van der Waals surface area (Å²) in [6, 6.07) is -0.461. The summed E-state index contributed by atoms with van der Waals surface area (Å²) in [5.41, 5.74) is 6.07. The summed E-state index contributed by atoms with van der Waals surface area (Å²) >= 11 is 0. The van der Waals surface area contributed by atoms with E-state index >= 15 is 0 Å². The van der Waals surface area contributed by atoms with Crippen molar-refractivity contribution >= 4 is 11.9 Å². The van der Waals surface area contributed by atoms with Crippen LogP contribution in [0.3, 0.4) is 0 Å². The summed E-state index contributed by atoms with van der Waals surface area (Å²) in [5.74, 6) is 0.887. The van der Waals surface area contributed by atoms with E-state index in [1.807, 2.05) is 6.92 Å². The van der Waals surface area contributed by atoms with E-state index in [9.17, 15) is 9.59 Å². The number of rotatable bonds is 2. The van der Waals surface area contributed by atoms with Crippen molar-refractivity contribution < 1.29 is 9.59 Å².